The van der Waals surface area contributed by atoms with Crippen LogP contribution in [-0.2, 0) is 5.41 Å². The zero-order valence-electron chi connectivity index (χ0n) is 9.64. The van der Waals surface area contributed by atoms with Gasteiger partial charge in [-0.15, -0.1) is 12.3 Å². The Morgan fingerprint density at radius 2 is 1.35 bits per heavy atom. The summed E-state index contributed by atoms with van der Waals surface area (Å²) < 4.78 is 0. The molecular weight excluding hydrogens is 204 g/mol. The van der Waals surface area contributed by atoms with Crippen molar-refractivity contribution in [3.05, 3.63) is 71.8 Å². The lowest BCUT2D eigenvalue weighted by molar-refractivity contribution is 0.801. The van der Waals surface area contributed by atoms with E-state index in [0.29, 0.717) is 5.92 Å². The molecule has 82 valence electrons. The van der Waals surface area contributed by atoms with Crippen molar-refractivity contribution >= 4 is 0 Å². The van der Waals surface area contributed by atoms with Gasteiger partial charge in [0.25, 0.3) is 0 Å². The first-order valence-corrected chi connectivity index (χ1v) is 5.95. The number of hydrogen-bond donors (Lipinski definition) is 0. The van der Waals surface area contributed by atoms with Crippen molar-refractivity contribution in [3.8, 4) is 12.3 Å². The summed E-state index contributed by atoms with van der Waals surface area (Å²) >= 11 is 0. The molecule has 0 heterocycles. The summed E-state index contributed by atoms with van der Waals surface area (Å²) in [6, 6.07) is 21.2. The van der Waals surface area contributed by atoms with E-state index in [0.717, 1.165) is 6.42 Å². The van der Waals surface area contributed by atoms with E-state index in [4.69, 9.17) is 6.42 Å². The van der Waals surface area contributed by atoms with Crippen molar-refractivity contribution in [2.24, 2.45) is 5.92 Å². The number of terminal acetylenes is 1. The minimum Gasteiger partial charge on any atom is -0.120 e. The molecule has 0 spiro atoms. The molecule has 3 rings (SSSR count). The van der Waals surface area contributed by atoms with E-state index in [9.17, 15) is 0 Å². The smallest absolute Gasteiger partial charge is 0.0352 e. The average molecular weight is 218 g/mol. The molecule has 0 radical (unpaired) electrons. The summed E-state index contributed by atoms with van der Waals surface area (Å²) in [6.45, 7) is 0. The first-order chi connectivity index (χ1) is 8.38. The molecule has 2 aromatic rings. The molecule has 0 aromatic heterocycles. The fourth-order valence-corrected chi connectivity index (χ4v) is 2.74. The minimum absolute atomic E-state index is 0.0667. The van der Waals surface area contributed by atoms with Crippen molar-refractivity contribution in [2.75, 3.05) is 0 Å². The number of benzene rings is 2. The van der Waals surface area contributed by atoms with Crippen LogP contribution in [0.4, 0.5) is 0 Å². The van der Waals surface area contributed by atoms with E-state index in [1.807, 2.05) is 0 Å². The minimum atomic E-state index is 0.0667. The van der Waals surface area contributed by atoms with E-state index < -0.39 is 0 Å². The number of rotatable bonds is 2. The summed E-state index contributed by atoms with van der Waals surface area (Å²) in [5.74, 6) is 3.27. The van der Waals surface area contributed by atoms with Crippen molar-refractivity contribution in [3.63, 3.8) is 0 Å². The molecule has 1 aliphatic rings. The van der Waals surface area contributed by atoms with Gasteiger partial charge in [-0.05, 0) is 17.5 Å². The van der Waals surface area contributed by atoms with Crippen LogP contribution in [0.2, 0.25) is 0 Å². The van der Waals surface area contributed by atoms with E-state index in [-0.39, 0.29) is 5.41 Å². The van der Waals surface area contributed by atoms with E-state index in [2.05, 4.69) is 66.6 Å². The lowest BCUT2D eigenvalue weighted by Gasteiger charge is -2.17. The van der Waals surface area contributed by atoms with Crippen molar-refractivity contribution in [2.45, 2.75) is 11.8 Å². The highest BCUT2D eigenvalue weighted by molar-refractivity contribution is 5.49. The predicted molar refractivity (Wildman–Crippen MR) is 70.6 cm³/mol. The predicted octanol–water partition coefficient (Wildman–Crippen LogP) is 3.63. The van der Waals surface area contributed by atoms with Gasteiger partial charge in [-0.25, -0.2) is 0 Å². The maximum atomic E-state index is 5.63. The molecule has 0 bridgehead atoms. The third-order valence-electron chi connectivity index (χ3n) is 3.74. The van der Waals surface area contributed by atoms with Crippen LogP contribution < -0.4 is 0 Å². The topological polar surface area (TPSA) is 0 Å². The number of hydrogen-bond acceptors (Lipinski definition) is 0. The van der Waals surface area contributed by atoms with Gasteiger partial charge >= 0.3 is 0 Å². The molecule has 2 aromatic carbocycles. The molecule has 0 saturated heterocycles. The zero-order chi connectivity index (χ0) is 11.7. The largest absolute Gasteiger partial charge is 0.120 e. The van der Waals surface area contributed by atoms with Crippen LogP contribution in [0, 0.1) is 18.3 Å². The van der Waals surface area contributed by atoms with Crippen LogP contribution in [0.15, 0.2) is 60.7 Å². The highest BCUT2D eigenvalue weighted by Gasteiger charge is 2.55. The Labute approximate surface area is 102 Å². The van der Waals surface area contributed by atoms with Crippen LogP contribution in [-0.4, -0.2) is 0 Å². The summed E-state index contributed by atoms with van der Waals surface area (Å²) in [5.41, 5.74) is 2.75. The van der Waals surface area contributed by atoms with Crippen LogP contribution in [0.25, 0.3) is 0 Å². The van der Waals surface area contributed by atoms with Crippen molar-refractivity contribution in [1.82, 2.24) is 0 Å². The van der Waals surface area contributed by atoms with Gasteiger partial charge in [0.15, 0.2) is 0 Å². The molecule has 1 aliphatic carbocycles. The maximum Gasteiger partial charge on any atom is 0.0352 e. The highest BCUT2D eigenvalue weighted by Crippen LogP contribution is 2.58. The Kier molecular flexibility index (Phi) is 2.27. The van der Waals surface area contributed by atoms with Gasteiger partial charge in [-0.3, -0.25) is 0 Å². The van der Waals surface area contributed by atoms with E-state index in [1.165, 1.54) is 11.1 Å². The molecule has 0 N–H and O–H groups in total. The second-order valence-corrected chi connectivity index (χ2v) is 4.63. The van der Waals surface area contributed by atoms with Crippen molar-refractivity contribution in [1.29, 1.82) is 0 Å². The monoisotopic (exact) mass is 218 g/mol. The SMILES string of the molecule is C#C[C@H]1CC1(c1ccccc1)c1ccccc1. The zero-order valence-corrected chi connectivity index (χ0v) is 9.64. The van der Waals surface area contributed by atoms with Crippen LogP contribution in [0.1, 0.15) is 17.5 Å². The second-order valence-electron chi connectivity index (χ2n) is 4.63. The molecule has 1 fully saturated rings. The second kappa shape index (κ2) is 3.79. The molecule has 17 heavy (non-hydrogen) atoms. The highest BCUT2D eigenvalue weighted by atomic mass is 14.6. The van der Waals surface area contributed by atoms with Gasteiger partial charge in [0.05, 0.1) is 0 Å². The quantitative estimate of drug-likeness (QED) is 0.675. The summed E-state index contributed by atoms with van der Waals surface area (Å²) in [5, 5.41) is 0. The third-order valence-corrected chi connectivity index (χ3v) is 3.74. The summed E-state index contributed by atoms with van der Waals surface area (Å²) in [4.78, 5) is 0. The standard InChI is InChI=1S/C17H14/c1-2-14-13-17(14,15-9-5-3-6-10-15)16-11-7-4-8-12-16/h1,3-12,14H,13H2/t14-/m0/s1. The van der Waals surface area contributed by atoms with Crippen molar-refractivity contribution < 1.29 is 0 Å². The third kappa shape index (κ3) is 1.47. The fourth-order valence-electron chi connectivity index (χ4n) is 2.74. The average Bonchev–Trinajstić information content (AvgIpc) is 3.17. The normalized spacial score (nSPS) is 20.5. The molecule has 0 unspecified atom stereocenters. The van der Waals surface area contributed by atoms with Gasteiger partial charge in [-0.1, -0.05) is 60.7 Å². The lowest BCUT2D eigenvalue weighted by Crippen LogP contribution is -2.11. The fraction of sp³-hybridized carbons (Fsp3) is 0.176. The van der Waals surface area contributed by atoms with Crippen LogP contribution in [0.3, 0.4) is 0 Å². The molecule has 0 heteroatoms. The summed E-state index contributed by atoms with van der Waals surface area (Å²) in [6.07, 6.45) is 6.70. The first kappa shape index (κ1) is 10.2. The Morgan fingerprint density at radius 1 is 0.882 bits per heavy atom. The lowest BCUT2D eigenvalue weighted by atomic mass is 9.86. The first-order valence-electron chi connectivity index (χ1n) is 5.95. The molecule has 0 aliphatic heterocycles. The Bertz CT molecular complexity index is 506. The molecular formula is C17H14. The van der Waals surface area contributed by atoms with Gasteiger partial charge in [-0.2, -0.15) is 0 Å². The Hall–Kier alpha value is -2.00. The Balaban J connectivity index is 2.12. The molecule has 0 amide bonds. The van der Waals surface area contributed by atoms with Gasteiger partial charge in [0.1, 0.15) is 0 Å². The maximum absolute atomic E-state index is 5.63. The van der Waals surface area contributed by atoms with Gasteiger partial charge in [0.2, 0.25) is 0 Å². The van der Waals surface area contributed by atoms with Crippen LogP contribution >= 0.6 is 0 Å². The van der Waals surface area contributed by atoms with E-state index in [1.54, 1.807) is 0 Å². The van der Waals surface area contributed by atoms with Crippen LogP contribution in [0.5, 0.6) is 0 Å². The van der Waals surface area contributed by atoms with E-state index >= 15 is 0 Å². The summed E-state index contributed by atoms with van der Waals surface area (Å²) in [7, 11) is 0. The molecule has 0 nitrogen and oxygen atoms in total. The van der Waals surface area contributed by atoms with Gasteiger partial charge < -0.3 is 0 Å². The molecule has 1 atom stereocenters. The Morgan fingerprint density at radius 3 is 1.71 bits per heavy atom. The van der Waals surface area contributed by atoms with Gasteiger partial charge in [0, 0.05) is 11.3 Å². The molecule has 1 saturated carbocycles.